The van der Waals surface area contributed by atoms with Crippen LogP contribution in [0.1, 0.15) is 16.2 Å². The summed E-state index contributed by atoms with van der Waals surface area (Å²) in [5.74, 6) is 0.454. The Morgan fingerprint density at radius 2 is 2.10 bits per heavy atom. The SMILES string of the molecule is Cc1oc(-c2ccccc2)nc1C(=O)N1CCNC(=O)C1. The average Bonchev–Trinajstić information content (AvgIpc) is 2.89. The Kier molecular flexibility index (Phi) is 3.43. The van der Waals surface area contributed by atoms with Crippen molar-refractivity contribution < 1.29 is 14.0 Å². The van der Waals surface area contributed by atoms with Gasteiger partial charge >= 0.3 is 0 Å². The predicted octanol–water partition coefficient (Wildman–Crippen LogP) is 1.22. The number of carbonyl (C=O) groups is 2. The highest BCUT2D eigenvalue weighted by Gasteiger charge is 2.26. The summed E-state index contributed by atoms with van der Waals surface area (Å²) in [6.45, 7) is 2.72. The fourth-order valence-electron chi connectivity index (χ4n) is 2.26. The number of aromatic nitrogens is 1. The van der Waals surface area contributed by atoms with Gasteiger partial charge in [-0.2, -0.15) is 0 Å². The van der Waals surface area contributed by atoms with E-state index in [1.807, 2.05) is 30.3 Å². The first-order valence-electron chi connectivity index (χ1n) is 6.74. The number of nitrogens with zero attached hydrogens (tertiary/aromatic N) is 2. The van der Waals surface area contributed by atoms with Crippen molar-refractivity contribution >= 4 is 11.8 Å². The van der Waals surface area contributed by atoms with Crippen molar-refractivity contribution in [2.45, 2.75) is 6.92 Å². The van der Waals surface area contributed by atoms with Crippen LogP contribution in [0, 0.1) is 6.92 Å². The van der Waals surface area contributed by atoms with E-state index >= 15 is 0 Å². The first-order valence-corrected chi connectivity index (χ1v) is 6.74. The fraction of sp³-hybridized carbons (Fsp3) is 0.267. The van der Waals surface area contributed by atoms with E-state index in [1.54, 1.807) is 6.92 Å². The van der Waals surface area contributed by atoms with Crippen molar-refractivity contribution in [3.05, 3.63) is 41.8 Å². The van der Waals surface area contributed by atoms with Crippen LogP contribution in [-0.4, -0.2) is 41.3 Å². The third kappa shape index (κ3) is 2.65. The van der Waals surface area contributed by atoms with E-state index < -0.39 is 0 Å². The van der Waals surface area contributed by atoms with Crippen LogP contribution >= 0.6 is 0 Å². The number of carbonyl (C=O) groups excluding carboxylic acids is 2. The van der Waals surface area contributed by atoms with Gasteiger partial charge in [0.1, 0.15) is 5.76 Å². The van der Waals surface area contributed by atoms with Crippen molar-refractivity contribution in [2.75, 3.05) is 19.6 Å². The molecule has 3 rings (SSSR count). The molecule has 2 amide bonds. The molecule has 6 heteroatoms. The van der Waals surface area contributed by atoms with Crippen LogP contribution in [0.2, 0.25) is 0 Å². The lowest BCUT2D eigenvalue weighted by Crippen LogP contribution is -2.50. The Hall–Kier alpha value is -2.63. The zero-order valence-electron chi connectivity index (χ0n) is 11.6. The molecule has 1 saturated heterocycles. The Morgan fingerprint density at radius 3 is 2.81 bits per heavy atom. The van der Waals surface area contributed by atoms with Gasteiger partial charge in [0.05, 0.1) is 6.54 Å². The molecule has 1 fully saturated rings. The Balaban J connectivity index is 1.87. The molecule has 0 atom stereocenters. The molecule has 0 radical (unpaired) electrons. The molecule has 2 aromatic rings. The van der Waals surface area contributed by atoms with Gasteiger partial charge < -0.3 is 14.6 Å². The van der Waals surface area contributed by atoms with Crippen LogP contribution in [-0.2, 0) is 4.79 Å². The number of rotatable bonds is 2. The molecule has 0 spiro atoms. The number of oxazole rings is 1. The summed E-state index contributed by atoms with van der Waals surface area (Å²) < 4.78 is 5.58. The topological polar surface area (TPSA) is 75.4 Å². The van der Waals surface area contributed by atoms with E-state index in [0.717, 1.165) is 5.56 Å². The van der Waals surface area contributed by atoms with Gasteiger partial charge in [0.15, 0.2) is 5.69 Å². The van der Waals surface area contributed by atoms with E-state index in [9.17, 15) is 9.59 Å². The highest BCUT2D eigenvalue weighted by Crippen LogP contribution is 2.22. The first kappa shape index (κ1) is 13.4. The van der Waals surface area contributed by atoms with Gasteiger partial charge in [0.2, 0.25) is 11.8 Å². The molecule has 1 aliphatic rings. The number of hydrogen-bond acceptors (Lipinski definition) is 4. The van der Waals surface area contributed by atoms with Gasteiger partial charge in [-0.05, 0) is 19.1 Å². The predicted molar refractivity (Wildman–Crippen MR) is 75.6 cm³/mol. The highest BCUT2D eigenvalue weighted by atomic mass is 16.4. The second-order valence-corrected chi connectivity index (χ2v) is 4.87. The number of benzene rings is 1. The van der Waals surface area contributed by atoms with E-state index in [-0.39, 0.29) is 24.1 Å². The Labute approximate surface area is 121 Å². The molecule has 0 aliphatic carbocycles. The van der Waals surface area contributed by atoms with Gasteiger partial charge in [0.25, 0.3) is 5.91 Å². The molecule has 0 bridgehead atoms. The van der Waals surface area contributed by atoms with E-state index in [4.69, 9.17) is 4.42 Å². The molecule has 21 heavy (non-hydrogen) atoms. The standard InChI is InChI=1S/C15H15N3O3/c1-10-13(15(20)18-8-7-16-12(19)9-18)17-14(21-10)11-5-3-2-4-6-11/h2-6H,7-9H2,1H3,(H,16,19). The molecule has 1 N–H and O–H groups in total. The van der Waals surface area contributed by atoms with Gasteiger partial charge in [-0.25, -0.2) is 4.98 Å². The zero-order chi connectivity index (χ0) is 14.8. The minimum atomic E-state index is -0.270. The zero-order valence-corrected chi connectivity index (χ0v) is 11.6. The third-order valence-electron chi connectivity index (χ3n) is 3.35. The summed E-state index contributed by atoms with van der Waals surface area (Å²) in [6, 6.07) is 9.40. The molecule has 1 aromatic carbocycles. The smallest absolute Gasteiger partial charge is 0.276 e. The van der Waals surface area contributed by atoms with Crippen LogP contribution in [0.25, 0.3) is 11.5 Å². The second kappa shape index (κ2) is 5.40. The van der Waals surface area contributed by atoms with Crippen LogP contribution in [0.15, 0.2) is 34.7 Å². The molecule has 6 nitrogen and oxygen atoms in total. The van der Waals surface area contributed by atoms with E-state index in [2.05, 4.69) is 10.3 Å². The summed E-state index contributed by atoms with van der Waals surface area (Å²) in [4.78, 5) is 29.6. The molecular formula is C15H15N3O3. The van der Waals surface area contributed by atoms with Crippen molar-refractivity contribution in [1.82, 2.24) is 15.2 Å². The molecule has 1 aliphatic heterocycles. The molecule has 0 saturated carbocycles. The fourth-order valence-corrected chi connectivity index (χ4v) is 2.26. The van der Waals surface area contributed by atoms with Crippen molar-refractivity contribution in [3.63, 3.8) is 0 Å². The first-order chi connectivity index (χ1) is 10.1. The van der Waals surface area contributed by atoms with E-state index in [0.29, 0.717) is 24.7 Å². The highest BCUT2D eigenvalue weighted by molar-refractivity contribution is 5.96. The molecule has 1 aromatic heterocycles. The molecular weight excluding hydrogens is 270 g/mol. The number of amides is 2. The normalized spacial score (nSPS) is 14.9. The lowest BCUT2D eigenvalue weighted by molar-refractivity contribution is -0.123. The lowest BCUT2D eigenvalue weighted by Gasteiger charge is -2.25. The minimum absolute atomic E-state index is 0.0613. The van der Waals surface area contributed by atoms with Gasteiger partial charge in [-0.3, -0.25) is 9.59 Å². The number of piperazine rings is 1. The summed E-state index contributed by atoms with van der Waals surface area (Å²) in [5.41, 5.74) is 1.08. The van der Waals surface area contributed by atoms with Crippen LogP contribution in [0.3, 0.4) is 0 Å². The van der Waals surface area contributed by atoms with Gasteiger partial charge in [0, 0.05) is 18.7 Å². The Morgan fingerprint density at radius 1 is 1.33 bits per heavy atom. The largest absolute Gasteiger partial charge is 0.441 e. The maximum atomic E-state index is 12.4. The maximum absolute atomic E-state index is 12.4. The lowest BCUT2D eigenvalue weighted by atomic mass is 10.2. The van der Waals surface area contributed by atoms with Gasteiger partial charge in [-0.1, -0.05) is 18.2 Å². The minimum Gasteiger partial charge on any atom is -0.441 e. The molecule has 2 heterocycles. The summed E-state index contributed by atoms with van der Waals surface area (Å²) >= 11 is 0. The van der Waals surface area contributed by atoms with Crippen LogP contribution in [0.5, 0.6) is 0 Å². The third-order valence-corrected chi connectivity index (χ3v) is 3.35. The quantitative estimate of drug-likeness (QED) is 0.900. The molecule has 0 unspecified atom stereocenters. The number of hydrogen-bond donors (Lipinski definition) is 1. The monoisotopic (exact) mass is 285 g/mol. The summed E-state index contributed by atoms with van der Waals surface area (Å²) in [6.07, 6.45) is 0. The van der Waals surface area contributed by atoms with Crippen molar-refractivity contribution in [1.29, 1.82) is 0 Å². The maximum Gasteiger partial charge on any atom is 0.276 e. The van der Waals surface area contributed by atoms with Crippen LogP contribution in [0.4, 0.5) is 0 Å². The van der Waals surface area contributed by atoms with E-state index in [1.165, 1.54) is 4.90 Å². The number of nitrogens with one attached hydrogen (secondary N) is 1. The van der Waals surface area contributed by atoms with Crippen molar-refractivity contribution in [2.24, 2.45) is 0 Å². The van der Waals surface area contributed by atoms with Crippen molar-refractivity contribution in [3.8, 4) is 11.5 Å². The average molecular weight is 285 g/mol. The summed E-state index contributed by atoms with van der Waals surface area (Å²) in [7, 11) is 0. The van der Waals surface area contributed by atoms with Crippen LogP contribution < -0.4 is 5.32 Å². The summed E-state index contributed by atoms with van der Waals surface area (Å²) in [5, 5.41) is 2.69. The molecule has 108 valence electrons. The van der Waals surface area contributed by atoms with Gasteiger partial charge in [-0.15, -0.1) is 0 Å². The number of aryl methyl sites for hydroxylation is 1. The Bertz CT molecular complexity index is 679. The second-order valence-electron chi connectivity index (χ2n) is 4.87.